The van der Waals surface area contributed by atoms with Gasteiger partial charge >= 0.3 is 0 Å². The molecular weight excluding hydrogens is 396 g/mol. The lowest BCUT2D eigenvalue weighted by Gasteiger charge is -2.11. The van der Waals surface area contributed by atoms with Gasteiger partial charge in [-0.2, -0.15) is 0 Å². The first-order valence-electron chi connectivity index (χ1n) is 8.54. The minimum atomic E-state index is -0.0992. The van der Waals surface area contributed by atoms with E-state index >= 15 is 0 Å². The first-order valence-corrected chi connectivity index (χ1v) is 9.33. The van der Waals surface area contributed by atoms with E-state index in [2.05, 4.69) is 26.6 Å². The van der Waals surface area contributed by atoms with Crippen LogP contribution in [-0.2, 0) is 9.59 Å². The fraction of sp³-hybridized carbons (Fsp3) is 0.300. The van der Waals surface area contributed by atoms with Crippen LogP contribution in [0.4, 0.5) is 11.4 Å². The summed E-state index contributed by atoms with van der Waals surface area (Å²) < 4.78 is 6.54. The number of carbonyl (C=O) groups excluding carboxylic acids is 2. The molecule has 0 bridgehead atoms. The average molecular weight is 419 g/mol. The van der Waals surface area contributed by atoms with E-state index in [0.717, 1.165) is 10.2 Å². The molecule has 0 heterocycles. The van der Waals surface area contributed by atoms with Crippen LogP contribution in [-0.4, -0.2) is 18.4 Å². The van der Waals surface area contributed by atoms with Crippen LogP contribution in [0.2, 0.25) is 0 Å². The Balaban J connectivity index is 1.77. The van der Waals surface area contributed by atoms with Crippen molar-refractivity contribution in [3.8, 4) is 5.75 Å². The van der Waals surface area contributed by atoms with Crippen LogP contribution in [0.25, 0.3) is 0 Å². The molecule has 2 N–H and O–H groups in total. The number of anilines is 2. The van der Waals surface area contributed by atoms with E-state index in [1.54, 1.807) is 24.3 Å². The van der Waals surface area contributed by atoms with E-state index in [4.69, 9.17) is 4.74 Å². The van der Waals surface area contributed by atoms with Crippen molar-refractivity contribution in [3.63, 3.8) is 0 Å². The summed E-state index contributed by atoms with van der Waals surface area (Å²) in [5, 5.41) is 5.66. The monoisotopic (exact) mass is 418 g/mol. The first kappa shape index (κ1) is 20.0. The van der Waals surface area contributed by atoms with Crippen molar-refractivity contribution in [1.29, 1.82) is 0 Å². The molecule has 0 aliphatic heterocycles. The summed E-state index contributed by atoms with van der Waals surface area (Å²) >= 11 is 3.42. The fourth-order valence-corrected chi connectivity index (χ4v) is 2.56. The Bertz CT molecular complexity index is 762. The zero-order chi connectivity index (χ0) is 18.9. The van der Waals surface area contributed by atoms with Crippen molar-refractivity contribution in [2.45, 2.75) is 26.7 Å². The molecule has 26 heavy (non-hydrogen) atoms. The lowest BCUT2D eigenvalue weighted by Crippen LogP contribution is -2.18. The molecule has 0 saturated heterocycles. The van der Waals surface area contributed by atoms with E-state index in [-0.39, 0.29) is 17.7 Å². The molecule has 138 valence electrons. The Morgan fingerprint density at radius 1 is 1.04 bits per heavy atom. The van der Waals surface area contributed by atoms with Gasteiger partial charge in [0.1, 0.15) is 5.75 Å². The number of hydrogen-bond donors (Lipinski definition) is 2. The smallest absolute Gasteiger partial charge is 0.226 e. The highest BCUT2D eigenvalue weighted by Gasteiger charge is 2.08. The Kier molecular flexibility index (Phi) is 7.66. The molecule has 2 aromatic carbocycles. The van der Waals surface area contributed by atoms with Gasteiger partial charge in [0.15, 0.2) is 0 Å². The van der Waals surface area contributed by atoms with Gasteiger partial charge in [-0.25, -0.2) is 0 Å². The topological polar surface area (TPSA) is 67.4 Å². The van der Waals surface area contributed by atoms with Gasteiger partial charge < -0.3 is 15.4 Å². The number of halogens is 1. The van der Waals surface area contributed by atoms with Crippen LogP contribution in [0.15, 0.2) is 53.0 Å². The van der Waals surface area contributed by atoms with Gasteiger partial charge in [-0.15, -0.1) is 0 Å². The molecule has 0 aromatic heterocycles. The maximum Gasteiger partial charge on any atom is 0.226 e. The maximum atomic E-state index is 12.1. The molecule has 0 aliphatic rings. The highest BCUT2D eigenvalue weighted by Crippen LogP contribution is 2.24. The summed E-state index contributed by atoms with van der Waals surface area (Å²) in [5.74, 6) is 0.519. The van der Waals surface area contributed by atoms with Crippen LogP contribution in [0.3, 0.4) is 0 Å². The third-order valence-electron chi connectivity index (χ3n) is 3.58. The minimum absolute atomic E-state index is 0.0577. The number of hydrogen-bond acceptors (Lipinski definition) is 3. The SMILES string of the molecule is CC(C)C(=O)Nc1cccc(NC(=O)CCCOc2ccccc2Br)c1. The van der Waals surface area contributed by atoms with Gasteiger partial charge in [0.05, 0.1) is 11.1 Å². The lowest BCUT2D eigenvalue weighted by molar-refractivity contribution is -0.119. The molecule has 2 aromatic rings. The number of para-hydroxylation sites is 1. The zero-order valence-electron chi connectivity index (χ0n) is 14.9. The summed E-state index contributed by atoms with van der Waals surface area (Å²) in [5.41, 5.74) is 1.32. The van der Waals surface area contributed by atoms with Gasteiger partial charge in [-0.3, -0.25) is 9.59 Å². The van der Waals surface area contributed by atoms with E-state index < -0.39 is 0 Å². The first-order chi connectivity index (χ1) is 12.5. The molecule has 0 spiro atoms. The van der Waals surface area contributed by atoms with Gasteiger partial charge in [0.2, 0.25) is 11.8 Å². The van der Waals surface area contributed by atoms with E-state index in [9.17, 15) is 9.59 Å². The van der Waals surface area contributed by atoms with Crippen LogP contribution in [0.5, 0.6) is 5.75 Å². The molecule has 0 saturated carbocycles. The van der Waals surface area contributed by atoms with Crippen LogP contribution in [0.1, 0.15) is 26.7 Å². The van der Waals surface area contributed by atoms with Gasteiger partial charge in [-0.05, 0) is 52.7 Å². The van der Waals surface area contributed by atoms with Crippen molar-refractivity contribution < 1.29 is 14.3 Å². The molecule has 0 aliphatic carbocycles. The van der Waals surface area contributed by atoms with Gasteiger partial charge in [0, 0.05) is 23.7 Å². The Morgan fingerprint density at radius 2 is 1.73 bits per heavy atom. The van der Waals surface area contributed by atoms with E-state index in [0.29, 0.717) is 30.8 Å². The molecule has 2 amide bonds. The summed E-state index contributed by atoms with van der Waals surface area (Å²) in [6.45, 7) is 4.12. The number of carbonyl (C=O) groups is 2. The third kappa shape index (κ3) is 6.52. The Morgan fingerprint density at radius 3 is 2.42 bits per heavy atom. The number of rotatable bonds is 8. The van der Waals surface area contributed by atoms with Crippen LogP contribution < -0.4 is 15.4 Å². The standard InChI is InChI=1S/C20H23BrN2O3/c1-14(2)20(25)23-16-8-5-7-15(13-16)22-19(24)11-6-12-26-18-10-4-3-9-17(18)21/h3-5,7-10,13-14H,6,11-12H2,1-2H3,(H,22,24)(H,23,25). The zero-order valence-corrected chi connectivity index (χ0v) is 16.5. The van der Waals surface area contributed by atoms with Gasteiger partial charge in [0.25, 0.3) is 0 Å². The number of ether oxygens (including phenoxy) is 1. The molecule has 6 heteroatoms. The summed E-state index contributed by atoms with van der Waals surface area (Å²) in [7, 11) is 0. The van der Waals surface area contributed by atoms with Crippen molar-refractivity contribution in [1.82, 2.24) is 0 Å². The van der Waals surface area contributed by atoms with Crippen molar-refractivity contribution in [2.24, 2.45) is 5.92 Å². The quantitative estimate of drug-likeness (QED) is 0.602. The Hall–Kier alpha value is -2.34. The lowest BCUT2D eigenvalue weighted by atomic mass is 10.2. The summed E-state index contributed by atoms with van der Waals surface area (Å²) in [6.07, 6.45) is 0.962. The molecule has 5 nitrogen and oxygen atoms in total. The predicted octanol–water partition coefficient (Wildman–Crippen LogP) is 4.84. The largest absolute Gasteiger partial charge is 0.492 e. The second-order valence-corrected chi connectivity index (χ2v) is 7.01. The predicted molar refractivity (Wildman–Crippen MR) is 107 cm³/mol. The Labute approximate surface area is 162 Å². The van der Waals surface area contributed by atoms with E-state index in [1.807, 2.05) is 38.1 Å². The van der Waals surface area contributed by atoms with Crippen LogP contribution in [0, 0.1) is 5.92 Å². The number of benzene rings is 2. The molecular formula is C20H23BrN2O3. The number of nitrogens with one attached hydrogen (secondary N) is 2. The van der Waals surface area contributed by atoms with Crippen molar-refractivity contribution in [2.75, 3.05) is 17.2 Å². The normalized spacial score (nSPS) is 10.5. The highest BCUT2D eigenvalue weighted by atomic mass is 79.9. The number of amides is 2. The van der Waals surface area contributed by atoms with E-state index in [1.165, 1.54) is 0 Å². The summed E-state index contributed by atoms with van der Waals surface area (Å²) in [6, 6.07) is 14.7. The fourth-order valence-electron chi connectivity index (χ4n) is 2.16. The summed E-state index contributed by atoms with van der Waals surface area (Å²) in [4.78, 5) is 23.8. The second kappa shape index (κ2) is 9.97. The molecule has 0 unspecified atom stereocenters. The van der Waals surface area contributed by atoms with Crippen molar-refractivity contribution in [3.05, 3.63) is 53.0 Å². The molecule has 0 fully saturated rings. The second-order valence-electron chi connectivity index (χ2n) is 6.16. The van der Waals surface area contributed by atoms with Crippen LogP contribution >= 0.6 is 15.9 Å². The third-order valence-corrected chi connectivity index (χ3v) is 4.24. The minimum Gasteiger partial charge on any atom is -0.492 e. The molecule has 2 rings (SSSR count). The highest BCUT2D eigenvalue weighted by molar-refractivity contribution is 9.10. The van der Waals surface area contributed by atoms with Crippen molar-refractivity contribution >= 4 is 39.1 Å². The molecule has 0 radical (unpaired) electrons. The maximum absolute atomic E-state index is 12.1. The average Bonchev–Trinajstić information content (AvgIpc) is 2.60. The van der Waals surface area contributed by atoms with Gasteiger partial charge in [-0.1, -0.05) is 32.0 Å². The molecule has 0 atom stereocenters.